The molecule has 0 bridgehead atoms. The first-order valence-corrected chi connectivity index (χ1v) is 9.10. The van der Waals surface area contributed by atoms with Crippen molar-refractivity contribution >= 4 is 27.6 Å². The molecule has 1 aromatic carbocycles. The molecule has 0 spiro atoms. The standard InChI is InChI=1S/C19H18BrNO2/c20-11-7-15-12-4-1-3-10(12)9-21-17(15)16(8-11)13-5-2-6-14(13)18(21)19(22)23/h1-2,4-5,7-8,10,12-14,18H,3,6,9H2,(H,22,23)/t10-,12-,13+,14-,18-/m1/s1. The molecule has 2 aliphatic heterocycles. The summed E-state index contributed by atoms with van der Waals surface area (Å²) in [6, 6.07) is 4.01. The van der Waals surface area contributed by atoms with Crippen LogP contribution in [-0.2, 0) is 4.79 Å². The summed E-state index contributed by atoms with van der Waals surface area (Å²) in [4.78, 5) is 14.3. The fourth-order valence-corrected chi connectivity index (χ4v) is 5.70. The minimum atomic E-state index is -0.673. The summed E-state index contributed by atoms with van der Waals surface area (Å²) in [5.74, 6) is 0.674. The number of allylic oxidation sites excluding steroid dienone is 4. The van der Waals surface area contributed by atoms with Crippen molar-refractivity contribution in [2.24, 2.45) is 11.8 Å². The Morgan fingerprint density at radius 1 is 1.13 bits per heavy atom. The fraction of sp³-hybridized carbons (Fsp3) is 0.421. The highest BCUT2D eigenvalue weighted by atomic mass is 79.9. The second-order valence-corrected chi connectivity index (χ2v) is 8.09. The SMILES string of the molecule is O=C(O)[C@H]1[C@@H]2CC=C[C@@H]2c2cc(Br)cc3c2N1C[C@H]1CC=C[C@@H]31. The van der Waals surface area contributed by atoms with Crippen molar-refractivity contribution in [3.05, 3.63) is 52.0 Å². The number of hydrogen-bond acceptors (Lipinski definition) is 2. The Morgan fingerprint density at radius 3 is 2.61 bits per heavy atom. The molecule has 4 heteroatoms. The quantitative estimate of drug-likeness (QED) is 0.756. The second-order valence-electron chi connectivity index (χ2n) is 7.17. The number of nitrogens with zero attached hydrogens (tertiary/aromatic N) is 1. The van der Waals surface area contributed by atoms with E-state index < -0.39 is 12.0 Å². The van der Waals surface area contributed by atoms with Gasteiger partial charge in [0.25, 0.3) is 0 Å². The highest BCUT2D eigenvalue weighted by Gasteiger charge is 2.49. The molecule has 5 rings (SSSR count). The van der Waals surface area contributed by atoms with E-state index in [0.29, 0.717) is 11.8 Å². The molecule has 0 saturated heterocycles. The van der Waals surface area contributed by atoms with Gasteiger partial charge in [0.2, 0.25) is 0 Å². The van der Waals surface area contributed by atoms with Gasteiger partial charge in [-0.05, 0) is 42.0 Å². The lowest BCUT2D eigenvalue weighted by atomic mass is 9.72. The average Bonchev–Trinajstić information content (AvgIpc) is 3.15. The fourth-order valence-electron chi connectivity index (χ4n) is 5.21. The van der Waals surface area contributed by atoms with E-state index in [1.165, 1.54) is 16.8 Å². The first-order chi connectivity index (χ1) is 11.1. The number of halogens is 1. The van der Waals surface area contributed by atoms with Crippen LogP contribution in [-0.4, -0.2) is 23.7 Å². The van der Waals surface area contributed by atoms with E-state index >= 15 is 0 Å². The molecule has 0 radical (unpaired) electrons. The number of carboxylic acids is 1. The third-order valence-electron chi connectivity index (χ3n) is 6.07. The van der Waals surface area contributed by atoms with Gasteiger partial charge in [-0.1, -0.05) is 40.2 Å². The molecule has 2 heterocycles. The number of benzene rings is 1. The van der Waals surface area contributed by atoms with Gasteiger partial charge in [-0.15, -0.1) is 0 Å². The van der Waals surface area contributed by atoms with Gasteiger partial charge in [0.1, 0.15) is 6.04 Å². The molecule has 3 nitrogen and oxygen atoms in total. The van der Waals surface area contributed by atoms with Gasteiger partial charge in [-0.2, -0.15) is 0 Å². The smallest absolute Gasteiger partial charge is 0.326 e. The van der Waals surface area contributed by atoms with E-state index in [0.717, 1.165) is 23.9 Å². The molecule has 0 fully saturated rings. The van der Waals surface area contributed by atoms with Crippen molar-refractivity contribution in [2.45, 2.75) is 30.7 Å². The summed E-state index contributed by atoms with van der Waals surface area (Å²) in [5, 5.41) is 9.93. The van der Waals surface area contributed by atoms with Gasteiger partial charge in [0, 0.05) is 34.5 Å². The Morgan fingerprint density at radius 2 is 1.83 bits per heavy atom. The maximum absolute atomic E-state index is 12.1. The number of carboxylic acid groups (broad SMARTS) is 1. The highest BCUT2D eigenvalue weighted by molar-refractivity contribution is 9.10. The highest BCUT2D eigenvalue weighted by Crippen LogP contribution is 2.55. The van der Waals surface area contributed by atoms with E-state index in [1.807, 2.05) is 0 Å². The number of carbonyl (C=O) groups is 1. The molecule has 5 atom stereocenters. The summed E-state index contributed by atoms with van der Waals surface area (Å²) >= 11 is 3.68. The van der Waals surface area contributed by atoms with E-state index in [2.05, 4.69) is 57.3 Å². The van der Waals surface area contributed by atoms with Crippen molar-refractivity contribution in [1.29, 1.82) is 0 Å². The Balaban J connectivity index is 1.78. The lowest BCUT2D eigenvalue weighted by molar-refractivity contribution is -0.140. The molecule has 2 aliphatic carbocycles. The maximum Gasteiger partial charge on any atom is 0.326 e. The summed E-state index contributed by atoms with van der Waals surface area (Å²) in [5.41, 5.74) is 3.81. The minimum absolute atomic E-state index is 0.160. The molecule has 1 N–H and O–H groups in total. The van der Waals surface area contributed by atoms with Crippen LogP contribution in [0.4, 0.5) is 5.69 Å². The van der Waals surface area contributed by atoms with E-state index in [1.54, 1.807) is 0 Å². The van der Waals surface area contributed by atoms with Crippen LogP contribution in [0, 0.1) is 11.8 Å². The van der Waals surface area contributed by atoms with Crippen LogP contribution >= 0.6 is 15.9 Å². The van der Waals surface area contributed by atoms with Crippen LogP contribution in [0.3, 0.4) is 0 Å². The zero-order valence-electron chi connectivity index (χ0n) is 12.7. The van der Waals surface area contributed by atoms with Crippen molar-refractivity contribution in [1.82, 2.24) is 0 Å². The Labute approximate surface area is 143 Å². The number of anilines is 1. The monoisotopic (exact) mass is 371 g/mol. The third-order valence-corrected chi connectivity index (χ3v) is 6.53. The molecule has 0 unspecified atom stereocenters. The Kier molecular flexibility index (Phi) is 2.85. The van der Waals surface area contributed by atoms with E-state index in [-0.39, 0.29) is 11.8 Å². The molecule has 0 amide bonds. The van der Waals surface area contributed by atoms with E-state index in [4.69, 9.17) is 0 Å². The average molecular weight is 372 g/mol. The van der Waals surface area contributed by atoms with E-state index in [9.17, 15) is 9.90 Å². The van der Waals surface area contributed by atoms with Crippen molar-refractivity contribution < 1.29 is 9.90 Å². The van der Waals surface area contributed by atoms with Gasteiger partial charge in [-0.3, -0.25) is 0 Å². The first-order valence-electron chi connectivity index (χ1n) is 8.31. The van der Waals surface area contributed by atoms with Crippen molar-refractivity contribution in [3.8, 4) is 0 Å². The maximum atomic E-state index is 12.1. The minimum Gasteiger partial charge on any atom is -0.480 e. The van der Waals surface area contributed by atoms with Crippen LogP contribution in [0.15, 0.2) is 40.9 Å². The third kappa shape index (κ3) is 1.78. The molecule has 4 aliphatic rings. The van der Waals surface area contributed by atoms with Crippen LogP contribution in [0.2, 0.25) is 0 Å². The van der Waals surface area contributed by atoms with Gasteiger partial charge in [-0.25, -0.2) is 4.79 Å². The van der Waals surface area contributed by atoms with Gasteiger partial charge < -0.3 is 10.0 Å². The summed E-state index contributed by atoms with van der Waals surface area (Å²) in [7, 11) is 0. The molecular formula is C19H18BrNO2. The molecule has 118 valence electrons. The number of aliphatic carboxylic acids is 1. The van der Waals surface area contributed by atoms with Gasteiger partial charge >= 0.3 is 5.97 Å². The van der Waals surface area contributed by atoms with Crippen LogP contribution in [0.25, 0.3) is 0 Å². The topological polar surface area (TPSA) is 40.5 Å². The number of fused-ring (bicyclic) bond motifs is 4. The molecule has 1 aromatic rings. The molecular weight excluding hydrogens is 354 g/mol. The summed E-state index contributed by atoms with van der Waals surface area (Å²) in [6.07, 6.45) is 10.9. The normalized spacial score (nSPS) is 35.9. The number of rotatable bonds is 1. The second kappa shape index (κ2) is 4.73. The summed E-state index contributed by atoms with van der Waals surface area (Å²) in [6.45, 7) is 0.861. The largest absolute Gasteiger partial charge is 0.480 e. The van der Waals surface area contributed by atoms with Gasteiger partial charge in [0.05, 0.1) is 0 Å². The molecule has 0 saturated carbocycles. The van der Waals surface area contributed by atoms with Gasteiger partial charge in [0.15, 0.2) is 0 Å². The molecule has 0 aromatic heterocycles. The zero-order valence-corrected chi connectivity index (χ0v) is 14.2. The lowest BCUT2D eigenvalue weighted by Gasteiger charge is -2.49. The van der Waals surface area contributed by atoms with Crippen molar-refractivity contribution in [3.63, 3.8) is 0 Å². The van der Waals surface area contributed by atoms with Crippen LogP contribution in [0.5, 0.6) is 0 Å². The Bertz CT molecular complexity index is 752. The lowest BCUT2D eigenvalue weighted by Crippen LogP contribution is -2.54. The summed E-state index contributed by atoms with van der Waals surface area (Å²) < 4.78 is 1.11. The van der Waals surface area contributed by atoms with Crippen LogP contribution in [0.1, 0.15) is 35.8 Å². The predicted molar refractivity (Wildman–Crippen MR) is 92.9 cm³/mol. The van der Waals surface area contributed by atoms with Crippen molar-refractivity contribution in [2.75, 3.05) is 11.4 Å². The zero-order chi connectivity index (χ0) is 15.7. The number of hydrogen-bond donors (Lipinski definition) is 1. The van der Waals surface area contributed by atoms with Crippen LogP contribution < -0.4 is 4.90 Å². The Hall–Kier alpha value is -1.55. The predicted octanol–water partition coefficient (Wildman–Crippen LogP) is 4.06. The molecule has 23 heavy (non-hydrogen) atoms. The first kappa shape index (κ1) is 13.8.